The molecule has 0 spiro atoms. The van der Waals surface area contributed by atoms with Gasteiger partial charge in [-0.15, -0.1) is 0 Å². The van der Waals surface area contributed by atoms with Gasteiger partial charge in [-0.3, -0.25) is 9.36 Å². The summed E-state index contributed by atoms with van der Waals surface area (Å²) in [6.07, 6.45) is 0.594. The van der Waals surface area contributed by atoms with Gasteiger partial charge in [0.2, 0.25) is 0 Å². The van der Waals surface area contributed by atoms with Crippen LogP contribution in [0, 0.1) is 6.92 Å². The first-order chi connectivity index (χ1) is 11.5. The molecule has 3 aromatic rings. The van der Waals surface area contributed by atoms with Gasteiger partial charge in [0.05, 0.1) is 23.8 Å². The average molecular weight is 345 g/mol. The van der Waals surface area contributed by atoms with Crippen LogP contribution in [0.25, 0.3) is 10.9 Å². The summed E-state index contributed by atoms with van der Waals surface area (Å²) in [6.45, 7) is 2.12. The highest BCUT2D eigenvalue weighted by atomic mass is 35.5. The van der Waals surface area contributed by atoms with Gasteiger partial charge in [-0.25, -0.2) is 4.98 Å². The number of hydrogen-bond donors (Lipinski definition) is 1. The summed E-state index contributed by atoms with van der Waals surface area (Å²) in [6, 6.07) is 12.5. The van der Waals surface area contributed by atoms with Gasteiger partial charge in [-0.1, -0.05) is 29.8 Å². The zero-order chi connectivity index (χ0) is 17.1. The van der Waals surface area contributed by atoms with Crippen LogP contribution in [0.4, 0.5) is 0 Å². The van der Waals surface area contributed by atoms with Gasteiger partial charge in [0, 0.05) is 5.02 Å². The molecule has 3 rings (SSSR count). The summed E-state index contributed by atoms with van der Waals surface area (Å²) < 4.78 is 6.98. The molecule has 1 atom stereocenters. The van der Waals surface area contributed by atoms with Crippen molar-refractivity contribution < 1.29 is 9.84 Å². The van der Waals surface area contributed by atoms with E-state index in [0.29, 0.717) is 21.7 Å². The van der Waals surface area contributed by atoms with E-state index in [1.54, 1.807) is 18.2 Å². The summed E-state index contributed by atoms with van der Waals surface area (Å²) in [4.78, 5) is 16.7. The fourth-order valence-electron chi connectivity index (χ4n) is 2.45. The third-order valence-electron chi connectivity index (χ3n) is 3.72. The Morgan fingerprint density at radius 3 is 2.88 bits per heavy atom. The lowest BCUT2D eigenvalue weighted by atomic mass is 10.2. The van der Waals surface area contributed by atoms with Crippen LogP contribution < -0.4 is 10.3 Å². The molecule has 0 amide bonds. The van der Waals surface area contributed by atoms with Crippen molar-refractivity contribution in [2.45, 2.75) is 19.6 Å². The molecule has 24 heavy (non-hydrogen) atoms. The summed E-state index contributed by atoms with van der Waals surface area (Å²) in [7, 11) is 0. The number of para-hydroxylation sites is 1. The smallest absolute Gasteiger partial charge is 0.261 e. The molecule has 1 aromatic heterocycles. The Kier molecular flexibility index (Phi) is 4.83. The van der Waals surface area contributed by atoms with Gasteiger partial charge in [0.1, 0.15) is 18.5 Å². The Bertz CT molecular complexity index is 924. The molecule has 6 heteroatoms. The highest BCUT2D eigenvalue weighted by molar-refractivity contribution is 6.31. The van der Waals surface area contributed by atoms with Crippen molar-refractivity contribution in [1.82, 2.24) is 9.55 Å². The molecule has 0 unspecified atom stereocenters. The number of nitrogens with zero attached hydrogens (tertiary/aromatic N) is 2. The lowest BCUT2D eigenvalue weighted by Gasteiger charge is -2.15. The lowest BCUT2D eigenvalue weighted by molar-refractivity contribution is 0.0911. The largest absolute Gasteiger partial charge is 0.491 e. The molecule has 1 heterocycles. The number of aliphatic hydroxyl groups excluding tert-OH is 1. The summed E-state index contributed by atoms with van der Waals surface area (Å²) in [5, 5.41) is 11.1. The second-order valence-corrected chi connectivity index (χ2v) is 6.03. The van der Waals surface area contributed by atoms with E-state index in [-0.39, 0.29) is 18.7 Å². The average Bonchev–Trinajstić information content (AvgIpc) is 2.57. The number of benzene rings is 2. The van der Waals surface area contributed by atoms with E-state index < -0.39 is 6.10 Å². The standard InChI is InChI=1S/C18H17ClN2O3/c1-12-4-2-3-5-17(12)24-10-14(22)9-21-11-20-16-7-6-13(19)8-15(16)18(21)23/h2-8,11,14,22H,9-10H2,1H3/t14-/m0/s1. The van der Waals surface area contributed by atoms with Crippen molar-refractivity contribution in [3.63, 3.8) is 0 Å². The van der Waals surface area contributed by atoms with Gasteiger partial charge in [-0.2, -0.15) is 0 Å². The Morgan fingerprint density at radius 1 is 1.29 bits per heavy atom. The van der Waals surface area contributed by atoms with Crippen LogP contribution in [-0.2, 0) is 6.54 Å². The normalized spacial score (nSPS) is 12.3. The Labute approximate surface area is 144 Å². The minimum absolute atomic E-state index is 0.0882. The monoisotopic (exact) mass is 344 g/mol. The topological polar surface area (TPSA) is 64.3 Å². The molecular formula is C18H17ClN2O3. The fraction of sp³-hybridized carbons (Fsp3) is 0.222. The van der Waals surface area contributed by atoms with Crippen molar-refractivity contribution in [3.05, 3.63) is 69.7 Å². The van der Waals surface area contributed by atoms with E-state index in [4.69, 9.17) is 16.3 Å². The van der Waals surface area contributed by atoms with E-state index >= 15 is 0 Å². The number of aliphatic hydroxyl groups is 1. The highest BCUT2D eigenvalue weighted by Gasteiger charge is 2.11. The van der Waals surface area contributed by atoms with E-state index in [0.717, 1.165) is 5.56 Å². The molecule has 0 aliphatic heterocycles. The minimum atomic E-state index is -0.833. The van der Waals surface area contributed by atoms with E-state index in [1.165, 1.54) is 10.9 Å². The van der Waals surface area contributed by atoms with E-state index in [2.05, 4.69) is 4.98 Å². The quantitative estimate of drug-likeness (QED) is 0.773. The van der Waals surface area contributed by atoms with Crippen LogP contribution >= 0.6 is 11.6 Å². The second kappa shape index (κ2) is 7.03. The van der Waals surface area contributed by atoms with Crippen LogP contribution in [0.2, 0.25) is 5.02 Å². The van der Waals surface area contributed by atoms with E-state index in [9.17, 15) is 9.90 Å². The SMILES string of the molecule is Cc1ccccc1OC[C@@H](O)Cn1cnc2ccc(Cl)cc2c1=O. The number of rotatable bonds is 5. The molecule has 0 aliphatic carbocycles. The lowest BCUT2D eigenvalue weighted by Crippen LogP contribution is -2.30. The maximum atomic E-state index is 12.5. The highest BCUT2D eigenvalue weighted by Crippen LogP contribution is 2.17. The van der Waals surface area contributed by atoms with Crippen LogP contribution in [0.3, 0.4) is 0 Å². The first-order valence-corrected chi connectivity index (χ1v) is 7.93. The molecular weight excluding hydrogens is 328 g/mol. The molecule has 0 bridgehead atoms. The number of halogens is 1. The number of ether oxygens (including phenoxy) is 1. The van der Waals surface area contributed by atoms with Gasteiger partial charge >= 0.3 is 0 Å². The molecule has 1 N–H and O–H groups in total. The van der Waals surface area contributed by atoms with Crippen molar-refractivity contribution >= 4 is 22.5 Å². The number of hydrogen-bond acceptors (Lipinski definition) is 4. The molecule has 0 saturated heterocycles. The summed E-state index contributed by atoms with van der Waals surface area (Å²) in [5.41, 5.74) is 1.33. The maximum Gasteiger partial charge on any atom is 0.261 e. The summed E-state index contributed by atoms with van der Waals surface area (Å²) >= 11 is 5.94. The predicted octanol–water partition coefficient (Wildman–Crippen LogP) is 2.80. The molecule has 5 nitrogen and oxygen atoms in total. The molecule has 124 valence electrons. The van der Waals surface area contributed by atoms with Gasteiger partial charge < -0.3 is 9.84 Å². The third-order valence-corrected chi connectivity index (χ3v) is 3.95. The number of aromatic nitrogens is 2. The van der Waals surface area contributed by atoms with Gasteiger partial charge in [0.25, 0.3) is 5.56 Å². The zero-order valence-electron chi connectivity index (χ0n) is 13.1. The first kappa shape index (κ1) is 16.5. The Hall–Kier alpha value is -2.37. The van der Waals surface area contributed by atoms with Crippen LogP contribution in [0.5, 0.6) is 5.75 Å². The van der Waals surface area contributed by atoms with Crippen LogP contribution in [0.15, 0.2) is 53.6 Å². The van der Waals surface area contributed by atoms with E-state index in [1.807, 2.05) is 31.2 Å². The fourth-order valence-corrected chi connectivity index (χ4v) is 2.62. The van der Waals surface area contributed by atoms with Crippen molar-refractivity contribution in [1.29, 1.82) is 0 Å². The third kappa shape index (κ3) is 3.58. The van der Waals surface area contributed by atoms with Crippen molar-refractivity contribution in [2.24, 2.45) is 0 Å². The van der Waals surface area contributed by atoms with Crippen molar-refractivity contribution in [2.75, 3.05) is 6.61 Å². The second-order valence-electron chi connectivity index (χ2n) is 5.59. The predicted molar refractivity (Wildman–Crippen MR) is 93.7 cm³/mol. The van der Waals surface area contributed by atoms with Gasteiger partial charge in [0.15, 0.2) is 0 Å². The molecule has 0 saturated carbocycles. The first-order valence-electron chi connectivity index (χ1n) is 7.56. The van der Waals surface area contributed by atoms with Crippen LogP contribution in [0.1, 0.15) is 5.56 Å². The minimum Gasteiger partial charge on any atom is -0.491 e. The number of aryl methyl sites for hydroxylation is 1. The molecule has 0 radical (unpaired) electrons. The van der Waals surface area contributed by atoms with Crippen molar-refractivity contribution in [3.8, 4) is 5.75 Å². The Morgan fingerprint density at radius 2 is 2.08 bits per heavy atom. The van der Waals surface area contributed by atoms with Crippen LogP contribution in [-0.4, -0.2) is 27.4 Å². The molecule has 2 aromatic carbocycles. The molecule has 0 aliphatic rings. The Balaban J connectivity index is 1.73. The summed E-state index contributed by atoms with van der Waals surface area (Å²) in [5.74, 6) is 0.715. The number of fused-ring (bicyclic) bond motifs is 1. The van der Waals surface area contributed by atoms with Gasteiger partial charge in [-0.05, 0) is 36.8 Å². The molecule has 0 fully saturated rings. The zero-order valence-corrected chi connectivity index (χ0v) is 13.9. The maximum absolute atomic E-state index is 12.5.